The third-order valence-corrected chi connectivity index (χ3v) is 4.35. The summed E-state index contributed by atoms with van der Waals surface area (Å²) >= 11 is 5.45. The lowest BCUT2D eigenvalue weighted by Crippen LogP contribution is -2.28. The molecular formula is C16H14BrIN2O2. The Bertz CT molecular complexity index is 674. The minimum absolute atomic E-state index is 0.134. The van der Waals surface area contributed by atoms with E-state index in [1.165, 1.54) is 0 Å². The van der Waals surface area contributed by atoms with E-state index < -0.39 is 0 Å². The van der Waals surface area contributed by atoms with Crippen LogP contribution in [0.2, 0.25) is 0 Å². The molecule has 0 heterocycles. The quantitative estimate of drug-likeness (QED) is 0.650. The number of anilines is 1. The van der Waals surface area contributed by atoms with E-state index in [0.717, 1.165) is 13.7 Å². The van der Waals surface area contributed by atoms with E-state index in [1.54, 1.807) is 6.07 Å². The molecule has 22 heavy (non-hydrogen) atoms. The molecule has 0 unspecified atom stereocenters. The highest BCUT2D eigenvalue weighted by Crippen LogP contribution is 2.14. The molecule has 0 bridgehead atoms. The second-order valence-electron chi connectivity index (χ2n) is 4.54. The molecule has 0 saturated carbocycles. The van der Waals surface area contributed by atoms with Gasteiger partial charge >= 0.3 is 0 Å². The summed E-state index contributed by atoms with van der Waals surface area (Å²) in [7, 11) is 0. The van der Waals surface area contributed by atoms with Gasteiger partial charge in [0.15, 0.2) is 0 Å². The summed E-state index contributed by atoms with van der Waals surface area (Å²) in [5.41, 5.74) is 1.36. The zero-order chi connectivity index (χ0) is 15.9. The van der Waals surface area contributed by atoms with E-state index in [9.17, 15) is 9.59 Å². The Hall–Kier alpha value is -1.41. The first kappa shape index (κ1) is 17.0. The van der Waals surface area contributed by atoms with Crippen molar-refractivity contribution in [3.63, 3.8) is 0 Å². The number of benzene rings is 2. The second kappa shape index (κ2) is 8.28. The largest absolute Gasteiger partial charge is 0.351 e. The molecule has 2 amide bonds. The highest BCUT2D eigenvalue weighted by molar-refractivity contribution is 14.1. The second-order valence-corrected chi connectivity index (χ2v) is 6.62. The fraction of sp³-hybridized carbons (Fsp3) is 0.125. The van der Waals surface area contributed by atoms with Gasteiger partial charge in [-0.2, -0.15) is 0 Å². The minimum Gasteiger partial charge on any atom is -0.351 e. The molecular weight excluding hydrogens is 459 g/mol. The van der Waals surface area contributed by atoms with Crippen LogP contribution >= 0.6 is 38.5 Å². The molecule has 0 atom stereocenters. The number of carbonyl (C=O) groups excluding carboxylic acids is 2. The van der Waals surface area contributed by atoms with Gasteiger partial charge in [-0.25, -0.2) is 0 Å². The van der Waals surface area contributed by atoms with Crippen LogP contribution in [0.25, 0.3) is 0 Å². The zero-order valence-electron chi connectivity index (χ0n) is 11.6. The topological polar surface area (TPSA) is 58.2 Å². The van der Waals surface area contributed by atoms with E-state index >= 15 is 0 Å². The molecule has 2 aromatic carbocycles. The fourth-order valence-electron chi connectivity index (χ4n) is 1.79. The van der Waals surface area contributed by atoms with Crippen LogP contribution in [0.3, 0.4) is 0 Å². The molecule has 0 radical (unpaired) electrons. The standard InChI is InChI=1S/C16H14BrIN2O2/c17-11-5-7-12(8-6-11)20-15(21)9-10-19-16(22)13-3-1-2-4-14(13)18/h1-8H,9-10H2,(H,19,22)(H,20,21). The molecule has 2 N–H and O–H groups in total. The predicted octanol–water partition coefficient (Wildman–Crippen LogP) is 3.81. The lowest BCUT2D eigenvalue weighted by Gasteiger charge is -2.08. The molecule has 0 aliphatic heterocycles. The van der Waals surface area contributed by atoms with Crippen molar-refractivity contribution in [2.45, 2.75) is 6.42 Å². The van der Waals surface area contributed by atoms with Crippen molar-refractivity contribution in [2.24, 2.45) is 0 Å². The number of hydrogen-bond acceptors (Lipinski definition) is 2. The number of rotatable bonds is 5. The van der Waals surface area contributed by atoms with Crippen LogP contribution in [0.15, 0.2) is 53.0 Å². The molecule has 0 aromatic heterocycles. The lowest BCUT2D eigenvalue weighted by atomic mass is 10.2. The maximum absolute atomic E-state index is 12.0. The highest BCUT2D eigenvalue weighted by Gasteiger charge is 2.09. The Kier molecular flexibility index (Phi) is 6.38. The summed E-state index contributed by atoms with van der Waals surface area (Å²) in [6.45, 7) is 0.298. The molecule has 2 rings (SSSR count). The van der Waals surface area contributed by atoms with Gasteiger partial charge in [-0.1, -0.05) is 28.1 Å². The molecule has 0 aliphatic rings. The third-order valence-electron chi connectivity index (χ3n) is 2.88. The number of amides is 2. The van der Waals surface area contributed by atoms with E-state index in [4.69, 9.17) is 0 Å². The Morgan fingerprint density at radius 1 is 1.05 bits per heavy atom. The fourth-order valence-corrected chi connectivity index (χ4v) is 2.68. The van der Waals surface area contributed by atoms with Crippen molar-refractivity contribution in [3.8, 4) is 0 Å². The third kappa shape index (κ3) is 5.10. The van der Waals surface area contributed by atoms with Gasteiger partial charge in [0.05, 0.1) is 5.56 Å². The van der Waals surface area contributed by atoms with Crippen LogP contribution < -0.4 is 10.6 Å². The van der Waals surface area contributed by atoms with Crippen molar-refractivity contribution >= 4 is 56.0 Å². The monoisotopic (exact) mass is 472 g/mol. The van der Waals surface area contributed by atoms with Gasteiger partial charge in [0.2, 0.25) is 5.91 Å². The summed E-state index contributed by atoms with van der Waals surface area (Å²) in [5, 5.41) is 5.53. The van der Waals surface area contributed by atoms with Crippen LogP contribution in [-0.4, -0.2) is 18.4 Å². The van der Waals surface area contributed by atoms with E-state index in [0.29, 0.717) is 12.1 Å². The number of halogens is 2. The van der Waals surface area contributed by atoms with Gasteiger partial charge in [0.1, 0.15) is 0 Å². The molecule has 0 spiro atoms. The van der Waals surface area contributed by atoms with Gasteiger partial charge in [-0.05, 0) is 59.0 Å². The maximum atomic E-state index is 12.0. The lowest BCUT2D eigenvalue weighted by molar-refractivity contribution is -0.116. The van der Waals surface area contributed by atoms with E-state index in [1.807, 2.05) is 42.5 Å². The Balaban J connectivity index is 1.78. The van der Waals surface area contributed by atoms with Crippen molar-refractivity contribution in [1.82, 2.24) is 5.32 Å². The number of hydrogen-bond donors (Lipinski definition) is 2. The van der Waals surface area contributed by atoms with Crippen molar-refractivity contribution in [1.29, 1.82) is 0 Å². The maximum Gasteiger partial charge on any atom is 0.252 e. The van der Waals surface area contributed by atoms with Gasteiger partial charge in [0.25, 0.3) is 5.91 Å². The minimum atomic E-state index is -0.165. The predicted molar refractivity (Wildman–Crippen MR) is 98.9 cm³/mol. The van der Waals surface area contributed by atoms with Crippen LogP contribution in [-0.2, 0) is 4.79 Å². The van der Waals surface area contributed by atoms with Crippen LogP contribution in [0.4, 0.5) is 5.69 Å². The smallest absolute Gasteiger partial charge is 0.252 e. The van der Waals surface area contributed by atoms with Crippen LogP contribution in [0.1, 0.15) is 16.8 Å². The molecule has 0 saturated heterocycles. The first-order chi connectivity index (χ1) is 10.6. The number of nitrogens with one attached hydrogen (secondary N) is 2. The Labute approximate surface area is 151 Å². The average Bonchev–Trinajstić information content (AvgIpc) is 2.50. The van der Waals surface area contributed by atoms with Crippen LogP contribution in [0, 0.1) is 3.57 Å². The molecule has 4 nitrogen and oxygen atoms in total. The molecule has 0 aliphatic carbocycles. The van der Waals surface area contributed by atoms with E-state index in [-0.39, 0.29) is 18.2 Å². The molecule has 0 fully saturated rings. The normalized spacial score (nSPS) is 10.1. The summed E-state index contributed by atoms with van der Waals surface area (Å²) in [6.07, 6.45) is 0.227. The van der Waals surface area contributed by atoms with Gasteiger partial charge < -0.3 is 10.6 Å². The first-order valence-electron chi connectivity index (χ1n) is 6.64. The van der Waals surface area contributed by atoms with Crippen molar-refractivity contribution < 1.29 is 9.59 Å². The molecule has 2 aromatic rings. The summed E-state index contributed by atoms with van der Waals surface area (Å²) < 4.78 is 1.84. The SMILES string of the molecule is O=C(CCNC(=O)c1ccccc1I)Nc1ccc(Br)cc1. The summed E-state index contributed by atoms with van der Waals surface area (Å²) in [4.78, 5) is 23.8. The first-order valence-corrected chi connectivity index (χ1v) is 8.51. The summed E-state index contributed by atoms with van der Waals surface area (Å²) in [5.74, 6) is -0.299. The average molecular weight is 473 g/mol. The number of carbonyl (C=O) groups is 2. The van der Waals surface area contributed by atoms with Gasteiger partial charge in [-0.15, -0.1) is 0 Å². The molecule has 114 valence electrons. The Morgan fingerprint density at radius 2 is 1.73 bits per heavy atom. The van der Waals surface area contributed by atoms with Gasteiger partial charge in [0, 0.05) is 26.7 Å². The molecule has 6 heteroatoms. The van der Waals surface area contributed by atoms with Crippen LogP contribution in [0.5, 0.6) is 0 Å². The Morgan fingerprint density at radius 3 is 2.41 bits per heavy atom. The van der Waals surface area contributed by atoms with Gasteiger partial charge in [-0.3, -0.25) is 9.59 Å². The van der Waals surface area contributed by atoms with Crippen molar-refractivity contribution in [3.05, 3.63) is 62.1 Å². The summed E-state index contributed by atoms with van der Waals surface area (Å²) in [6, 6.07) is 14.7. The zero-order valence-corrected chi connectivity index (χ0v) is 15.3. The van der Waals surface area contributed by atoms with E-state index in [2.05, 4.69) is 49.2 Å². The van der Waals surface area contributed by atoms with Crippen molar-refractivity contribution in [2.75, 3.05) is 11.9 Å². The highest BCUT2D eigenvalue weighted by atomic mass is 127.